The van der Waals surface area contributed by atoms with Gasteiger partial charge in [0.15, 0.2) is 46.1 Å². The Labute approximate surface area is 304 Å². The molecule has 0 aromatic heterocycles. The number of hydrogen-bond acceptors (Lipinski definition) is 14. The van der Waals surface area contributed by atoms with E-state index in [4.69, 9.17) is 23.7 Å². The second-order valence-electron chi connectivity index (χ2n) is 14.7. The number of aromatic hydroxyl groups is 3. The van der Waals surface area contributed by atoms with Crippen molar-refractivity contribution < 1.29 is 53.6 Å². The van der Waals surface area contributed by atoms with Crippen LogP contribution in [0.1, 0.15) is 61.8 Å². The van der Waals surface area contributed by atoms with Crippen LogP contribution >= 0.6 is 11.8 Å². The van der Waals surface area contributed by atoms with E-state index in [2.05, 4.69) is 5.32 Å². The third-order valence-corrected chi connectivity index (χ3v) is 13.9. The molecule has 14 nitrogen and oxygen atoms in total. The fourth-order valence-corrected chi connectivity index (χ4v) is 11.7. The van der Waals surface area contributed by atoms with Crippen LogP contribution in [-0.2, 0) is 27.9 Å². The molecule has 8 unspecified atom stereocenters. The Kier molecular flexibility index (Phi) is 7.41. The van der Waals surface area contributed by atoms with E-state index in [1.165, 1.54) is 26.0 Å². The Hall–Kier alpha value is -4.12. The summed E-state index contributed by atoms with van der Waals surface area (Å²) in [5.41, 5.74) is 3.20. The highest BCUT2D eigenvalue weighted by molar-refractivity contribution is 7.99. The third-order valence-electron chi connectivity index (χ3n) is 12.4. The van der Waals surface area contributed by atoms with E-state index in [1.54, 1.807) is 19.1 Å². The molecule has 15 heteroatoms. The molecule has 0 radical (unpaired) electrons. The normalized spacial score (nSPS) is 32.7. The number of fused-ring (bicyclic) bond motifs is 9. The number of aliphatic hydroxyl groups excluding tert-OH is 1. The van der Waals surface area contributed by atoms with Crippen LogP contribution in [-0.4, -0.2) is 101 Å². The van der Waals surface area contributed by atoms with Crippen LogP contribution in [0.5, 0.6) is 40.2 Å². The molecule has 276 valence electrons. The van der Waals surface area contributed by atoms with Crippen LogP contribution in [0.15, 0.2) is 18.2 Å². The smallest absolute Gasteiger partial charge is 0.332 e. The molecule has 4 bridgehead atoms. The lowest BCUT2D eigenvalue weighted by molar-refractivity contribution is -0.991. The van der Waals surface area contributed by atoms with Gasteiger partial charge in [-0.3, -0.25) is 10.2 Å². The lowest BCUT2D eigenvalue weighted by atomic mass is 9.72. The number of piperazine rings is 1. The number of hydrogen-bond donors (Lipinski definition) is 5. The summed E-state index contributed by atoms with van der Waals surface area (Å²) in [5, 5.41) is 65.9. The molecule has 52 heavy (non-hydrogen) atoms. The van der Waals surface area contributed by atoms with E-state index in [9.17, 15) is 25.2 Å². The number of methoxy groups -OCH3 is 2. The molecule has 3 aromatic carbocycles. The van der Waals surface area contributed by atoms with E-state index < -0.39 is 58.4 Å². The highest BCUT2D eigenvalue weighted by atomic mass is 32.2. The van der Waals surface area contributed by atoms with E-state index in [1.807, 2.05) is 24.9 Å². The maximum absolute atomic E-state index is 16.2. The molecule has 5 N–H and O–H groups in total. The van der Waals surface area contributed by atoms with Crippen molar-refractivity contribution in [2.75, 3.05) is 47.0 Å². The van der Waals surface area contributed by atoms with Crippen molar-refractivity contribution >= 4 is 17.7 Å². The minimum absolute atomic E-state index is 0.0387. The van der Waals surface area contributed by atoms with Crippen molar-refractivity contribution in [3.8, 4) is 40.2 Å². The Morgan fingerprint density at radius 2 is 1.79 bits per heavy atom. The summed E-state index contributed by atoms with van der Waals surface area (Å²) in [6.07, 6.45) is -0.700. The fraction of sp³-hybridized carbons (Fsp3) is 0.486. The second-order valence-corrected chi connectivity index (χ2v) is 15.8. The largest absolute Gasteiger partial charge is 0.630 e. The predicted molar refractivity (Wildman–Crippen MR) is 187 cm³/mol. The molecule has 10 rings (SSSR count). The number of phenolic OH excluding ortho intramolecular Hbond substituents is 3. The Morgan fingerprint density at radius 1 is 1.02 bits per heavy atom. The lowest BCUT2D eigenvalue weighted by Crippen LogP contribution is -2.77. The molecule has 0 amide bonds. The molecule has 0 saturated carbocycles. The van der Waals surface area contributed by atoms with Gasteiger partial charge < -0.3 is 54.0 Å². The average Bonchev–Trinajstić information content (AvgIpc) is 3.61. The van der Waals surface area contributed by atoms with Crippen LogP contribution in [0.4, 0.5) is 0 Å². The molecular weight excluding hydrogens is 694 g/mol. The summed E-state index contributed by atoms with van der Waals surface area (Å²) in [6.45, 7) is 3.39. The zero-order chi connectivity index (χ0) is 36.6. The number of phenols is 3. The number of likely N-dealkylation sites (N-methyl/N-ethyl adjacent to an activating group) is 1. The summed E-state index contributed by atoms with van der Waals surface area (Å²) in [7, 11) is 4.77. The average molecular weight is 736 g/mol. The third kappa shape index (κ3) is 4.11. The van der Waals surface area contributed by atoms with Gasteiger partial charge in [-0.1, -0.05) is 6.07 Å². The van der Waals surface area contributed by atoms with Crippen LogP contribution in [0, 0.1) is 19.1 Å². The number of aliphatic hydroxyl groups is 1. The van der Waals surface area contributed by atoms with Crippen molar-refractivity contribution in [2.24, 2.45) is 0 Å². The summed E-state index contributed by atoms with van der Waals surface area (Å²) in [6, 6.07) is 1.50. The van der Waals surface area contributed by atoms with Crippen molar-refractivity contribution in [1.29, 1.82) is 0 Å². The van der Waals surface area contributed by atoms with Crippen LogP contribution in [0.3, 0.4) is 0 Å². The van der Waals surface area contributed by atoms with Crippen molar-refractivity contribution in [2.45, 2.75) is 67.9 Å². The zero-order valence-corrected chi connectivity index (χ0v) is 30.2. The minimum atomic E-state index is -1.51. The van der Waals surface area contributed by atoms with Gasteiger partial charge in [0.05, 0.1) is 37.1 Å². The molecule has 7 aliphatic heterocycles. The standard InChI is InChI=1S/C37H41N3O11S/c1-15-8-18-9-20-35(44)40(46)21-12-49-36(45)37(19-11-23(47-4)22(41)10-17(19)6-7-38-37)13-52-34(26-25(21)33-32(50-14-51-33)16(2)29(26)42)28(40)27(39(20)3)24(18)30(43)31(15)48-5/h8,10-11,20-21,27-28,34-35,38,41-44H,6-7,9,12-14H2,1-5H3. The maximum atomic E-state index is 16.2. The molecule has 8 atom stereocenters. The number of hydroxylamine groups is 3. The Bertz CT molecular complexity index is 2060. The summed E-state index contributed by atoms with van der Waals surface area (Å²) in [5.74, 6) is 0.313. The number of esters is 1. The highest BCUT2D eigenvalue weighted by Gasteiger charge is 2.67. The molecule has 7 aliphatic rings. The number of quaternary nitrogens is 1. The van der Waals surface area contributed by atoms with Crippen molar-refractivity contribution in [3.63, 3.8) is 0 Å². The van der Waals surface area contributed by atoms with Crippen LogP contribution in [0.2, 0.25) is 0 Å². The first-order valence-electron chi connectivity index (χ1n) is 17.4. The summed E-state index contributed by atoms with van der Waals surface area (Å²) < 4.78 is 28.0. The quantitative estimate of drug-likeness (QED) is 0.147. The van der Waals surface area contributed by atoms with Gasteiger partial charge in [0.25, 0.3) is 0 Å². The van der Waals surface area contributed by atoms with E-state index >= 15 is 5.21 Å². The minimum Gasteiger partial charge on any atom is -0.630 e. The number of benzene rings is 3. The van der Waals surface area contributed by atoms with Crippen LogP contribution in [0.25, 0.3) is 0 Å². The SMILES string of the molecule is COc1cc2c(cc1O)CCNC21CSC2c3c(O)c(C)c4c(c3C(COC1=O)[N+]1([O-])C(O)C3Cc5cc(C)c(OC)c(O)c5C(C21)N3C)OCO4. The van der Waals surface area contributed by atoms with Gasteiger partial charge in [0, 0.05) is 29.0 Å². The van der Waals surface area contributed by atoms with Gasteiger partial charge in [-0.25, -0.2) is 4.79 Å². The van der Waals surface area contributed by atoms with Crippen molar-refractivity contribution in [1.82, 2.24) is 10.2 Å². The fourth-order valence-electron chi connectivity index (χ4n) is 10.0. The number of rotatable bonds is 2. The number of carbonyl (C=O) groups is 1. The first kappa shape index (κ1) is 33.7. The van der Waals surface area contributed by atoms with Gasteiger partial charge in [-0.05, 0) is 68.1 Å². The van der Waals surface area contributed by atoms with Gasteiger partial charge >= 0.3 is 5.97 Å². The number of thioether (sulfide) groups is 1. The molecule has 3 aromatic rings. The van der Waals surface area contributed by atoms with E-state index in [0.717, 1.165) is 16.7 Å². The maximum Gasteiger partial charge on any atom is 0.332 e. The van der Waals surface area contributed by atoms with Gasteiger partial charge in [-0.2, -0.15) is 0 Å². The number of ether oxygens (including phenoxy) is 5. The molecule has 2 saturated heterocycles. The number of carbonyl (C=O) groups excluding carboxylic acids is 1. The summed E-state index contributed by atoms with van der Waals surface area (Å²) in [4.78, 5) is 16.5. The monoisotopic (exact) mass is 735 g/mol. The first-order valence-corrected chi connectivity index (χ1v) is 18.4. The second kappa shape index (κ2) is 11.4. The number of nitrogens with one attached hydrogen (secondary N) is 1. The number of aryl methyl sites for hydroxylation is 1. The zero-order valence-electron chi connectivity index (χ0n) is 29.4. The highest BCUT2D eigenvalue weighted by Crippen LogP contribution is 2.66. The van der Waals surface area contributed by atoms with Gasteiger partial charge in [-0.15, -0.1) is 11.8 Å². The number of nitrogens with zero attached hydrogens (tertiary/aromatic N) is 2. The van der Waals surface area contributed by atoms with E-state index in [-0.39, 0.29) is 47.7 Å². The Balaban J connectivity index is 1.32. The molecule has 1 spiro atoms. The molecule has 2 fully saturated rings. The molecular formula is C37H41N3O11S. The van der Waals surface area contributed by atoms with Gasteiger partial charge in [0.2, 0.25) is 13.0 Å². The Morgan fingerprint density at radius 3 is 2.54 bits per heavy atom. The van der Waals surface area contributed by atoms with E-state index in [0.29, 0.717) is 52.3 Å². The van der Waals surface area contributed by atoms with Crippen LogP contribution < -0.4 is 24.3 Å². The van der Waals surface area contributed by atoms with Gasteiger partial charge in [0.1, 0.15) is 18.4 Å². The molecule has 7 heterocycles. The molecule has 0 aliphatic carbocycles. The predicted octanol–water partition coefficient (Wildman–Crippen LogP) is 3.21. The topological polar surface area (TPSA) is 182 Å². The first-order chi connectivity index (χ1) is 24.9. The lowest BCUT2D eigenvalue weighted by Gasteiger charge is -2.69. The van der Waals surface area contributed by atoms with Crippen molar-refractivity contribution in [3.05, 3.63) is 67.9 Å². The summed E-state index contributed by atoms with van der Waals surface area (Å²) >= 11 is 1.30.